The molecule has 19 heavy (non-hydrogen) atoms. The molecular weight excluding hydrogens is 238 g/mol. The van der Waals surface area contributed by atoms with Crippen LogP contribution in [0.3, 0.4) is 0 Å². The van der Waals surface area contributed by atoms with Crippen molar-refractivity contribution in [1.29, 1.82) is 0 Å². The van der Waals surface area contributed by atoms with Crippen molar-refractivity contribution in [2.45, 2.75) is 40.5 Å². The van der Waals surface area contributed by atoms with Crippen LogP contribution in [0, 0.1) is 17.3 Å². The summed E-state index contributed by atoms with van der Waals surface area (Å²) in [5.74, 6) is 0.998. The van der Waals surface area contributed by atoms with Crippen LogP contribution in [0.2, 0.25) is 0 Å². The highest BCUT2D eigenvalue weighted by atomic mass is 16.1. The van der Waals surface area contributed by atoms with E-state index in [1.807, 2.05) is 0 Å². The van der Waals surface area contributed by atoms with Gasteiger partial charge in [-0.15, -0.1) is 0 Å². The minimum absolute atomic E-state index is 0.163. The molecule has 1 aliphatic rings. The fourth-order valence-corrected chi connectivity index (χ4v) is 2.26. The average Bonchev–Trinajstić information content (AvgIpc) is 2.37. The van der Waals surface area contributed by atoms with Gasteiger partial charge in [-0.1, -0.05) is 27.7 Å². The number of nitrogens with zero attached hydrogens (tertiary/aromatic N) is 1. The molecule has 1 fully saturated rings. The Hall–Kier alpha value is -0.610. The fraction of sp³-hybridized carbons (Fsp3) is 0.933. The molecule has 1 heterocycles. The van der Waals surface area contributed by atoms with Crippen molar-refractivity contribution in [3.8, 4) is 0 Å². The van der Waals surface area contributed by atoms with Crippen LogP contribution >= 0.6 is 0 Å². The molecule has 0 aromatic rings. The zero-order valence-corrected chi connectivity index (χ0v) is 13.0. The zero-order valence-electron chi connectivity index (χ0n) is 13.0. The fourth-order valence-electron chi connectivity index (χ4n) is 2.26. The lowest BCUT2D eigenvalue weighted by Gasteiger charge is -2.33. The van der Waals surface area contributed by atoms with Crippen molar-refractivity contribution in [2.75, 3.05) is 32.7 Å². The Bertz CT molecular complexity index is 281. The average molecular weight is 269 g/mol. The second-order valence-electron chi connectivity index (χ2n) is 6.77. The number of likely N-dealkylation sites (tertiary alicyclic amines) is 1. The molecule has 0 bridgehead atoms. The predicted molar refractivity (Wildman–Crippen MR) is 79.8 cm³/mol. The number of carbonyl (C=O) groups excluding carboxylic acids is 1. The number of carbonyl (C=O) groups is 1. The summed E-state index contributed by atoms with van der Waals surface area (Å²) in [5, 5.41) is 3.14. The lowest BCUT2D eigenvalue weighted by Crippen LogP contribution is -2.44. The van der Waals surface area contributed by atoms with Gasteiger partial charge < -0.3 is 16.0 Å². The van der Waals surface area contributed by atoms with Crippen LogP contribution in [0.4, 0.5) is 0 Å². The molecule has 1 aliphatic heterocycles. The first kappa shape index (κ1) is 16.4. The Labute approximate surface area is 118 Å². The van der Waals surface area contributed by atoms with E-state index in [0.717, 1.165) is 39.0 Å². The van der Waals surface area contributed by atoms with Crippen molar-refractivity contribution in [1.82, 2.24) is 10.2 Å². The van der Waals surface area contributed by atoms with Gasteiger partial charge in [0.05, 0.1) is 0 Å². The molecule has 4 nitrogen and oxygen atoms in total. The molecule has 3 N–H and O–H groups in total. The van der Waals surface area contributed by atoms with Gasteiger partial charge in [-0.25, -0.2) is 0 Å². The van der Waals surface area contributed by atoms with E-state index in [1.54, 1.807) is 0 Å². The molecule has 0 atom stereocenters. The number of hydrogen-bond donors (Lipinski definition) is 2. The Morgan fingerprint density at radius 1 is 1.37 bits per heavy atom. The molecule has 1 saturated heterocycles. The van der Waals surface area contributed by atoms with E-state index in [2.05, 4.69) is 37.9 Å². The summed E-state index contributed by atoms with van der Waals surface area (Å²) in [6.07, 6.45) is 1.93. The van der Waals surface area contributed by atoms with Crippen LogP contribution in [0.1, 0.15) is 40.5 Å². The molecule has 0 aromatic heterocycles. The van der Waals surface area contributed by atoms with E-state index in [9.17, 15) is 4.79 Å². The molecule has 0 spiro atoms. The molecule has 1 rings (SSSR count). The summed E-state index contributed by atoms with van der Waals surface area (Å²) in [6.45, 7) is 13.3. The molecule has 0 aromatic carbocycles. The van der Waals surface area contributed by atoms with Gasteiger partial charge in [0, 0.05) is 25.6 Å². The Kier molecular flexibility index (Phi) is 6.27. The van der Waals surface area contributed by atoms with Gasteiger partial charge in [0.2, 0.25) is 5.91 Å². The quantitative estimate of drug-likeness (QED) is 0.767. The van der Waals surface area contributed by atoms with Crippen LogP contribution < -0.4 is 11.1 Å². The van der Waals surface area contributed by atoms with Crippen LogP contribution in [0.15, 0.2) is 0 Å². The van der Waals surface area contributed by atoms with Gasteiger partial charge in [0.15, 0.2) is 0 Å². The topological polar surface area (TPSA) is 58.4 Å². The smallest absolute Gasteiger partial charge is 0.223 e. The number of amides is 1. The third-order valence-electron chi connectivity index (χ3n) is 4.68. The molecule has 0 unspecified atom stereocenters. The van der Waals surface area contributed by atoms with Crippen molar-refractivity contribution >= 4 is 5.91 Å². The Balaban J connectivity index is 2.32. The van der Waals surface area contributed by atoms with Gasteiger partial charge in [-0.3, -0.25) is 4.79 Å². The van der Waals surface area contributed by atoms with Gasteiger partial charge in [-0.2, -0.15) is 0 Å². The first-order valence-electron chi connectivity index (χ1n) is 7.57. The van der Waals surface area contributed by atoms with Gasteiger partial charge >= 0.3 is 0 Å². The van der Waals surface area contributed by atoms with E-state index in [0.29, 0.717) is 12.5 Å². The monoisotopic (exact) mass is 269 g/mol. The number of nitrogens with one attached hydrogen (secondary N) is 1. The third kappa shape index (κ3) is 5.11. The third-order valence-corrected chi connectivity index (χ3v) is 4.68. The molecule has 0 radical (unpaired) electrons. The SMILES string of the molecule is CC(C)C(C)(C)CNC(=O)C1CCN(CCN)CC1. The van der Waals surface area contributed by atoms with E-state index < -0.39 is 0 Å². The lowest BCUT2D eigenvalue weighted by molar-refractivity contribution is -0.127. The highest BCUT2D eigenvalue weighted by Crippen LogP contribution is 2.25. The minimum atomic E-state index is 0.163. The number of piperidine rings is 1. The maximum Gasteiger partial charge on any atom is 0.223 e. The standard InChI is InChI=1S/C15H31N3O/c1-12(2)15(3,4)11-17-14(19)13-5-8-18(9-6-13)10-7-16/h12-13H,5-11,16H2,1-4H3,(H,17,19). The summed E-state index contributed by atoms with van der Waals surface area (Å²) in [7, 11) is 0. The highest BCUT2D eigenvalue weighted by Gasteiger charge is 2.27. The van der Waals surface area contributed by atoms with E-state index >= 15 is 0 Å². The summed E-state index contributed by atoms with van der Waals surface area (Å²) < 4.78 is 0. The largest absolute Gasteiger partial charge is 0.355 e. The molecule has 112 valence electrons. The van der Waals surface area contributed by atoms with Crippen LogP contribution in [0.5, 0.6) is 0 Å². The lowest BCUT2D eigenvalue weighted by atomic mass is 9.81. The van der Waals surface area contributed by atoms with Gasteiger partial charge in [0.1, 0.15) is 0 Å². The zero-order chi connectivity index (χ0) is 14.5. The van der Waals surface area contributed by atoms with Gasteiger partial charge in [-0.05, 0) is 37.3 Å². The summed E-state index contributed by atoms with van der Waals surface area (Å²) in [5.41, 5.74) is 5.72. The van der Waals surface area contributed by atoms with Crippen molar-refractivity contribution in [2.24, 2.45) is 23.0 Å². The predicted octanol–water partition coefficient (Wildman–Crippen LogP) is 1.46. The van der Waals surface area contributed by atoms with Crippen molar-refractivity contribution < 1.29 is 4.79 Å². The Morgan fingerprint density at radius 3 is 2.42 bits per heavy atom. The van der Waals surface area contributed by atoms with Crippen molar-refractivity contribution in [3.63, 3.8) is 0 Å². The first-order valence-corrected chi connectivity index (χ1v) is 7.57. The molecule has 0 saturated carbocycles. The molecule has 1 amide bonds. The van der Waals surface area contributed by atoms with Gasteiger partial charge in [0.25, 0.3) is 0 Å². The molecule has 0 aliphatic carbocycles. The maximum absolute atomic E-state index is 12.2. The molecular formula is C15H31N3O. The second kappa shape index (κ2) is 7.25. The summed E-state index contributed by atoms with van der Waals surface area (Å²) in [6, 6.07) is 0. The molecule has 4 heteroatoms. The van der Waals surface area contributed by atoms with E-state index in [4.69, 9.17) is 5.73 Å². The van der Waals surface area contributed by atoms with E-state index in [-0.39, 0.29) is 17.2 Å². The van der Waals surface area contributed by atoms with Crippen LogP contribution in [-0.2, 0) is 4.79 Å². The summed E-state index contributed by atoms with van der Waals surface area (Å²) in [4.78, 5) is 14.5. The second-order valence-corrected chi connectivity index (χ2v) is 6.77. The highest BCUT2D eigenvalue weighted by molar-refractivity contribution is 5.78. The van der Waals surface area contributed by atoms with Crippen LogP contribution in [-0.4, -0.2) is 43.5 Å². The normalized spacial score (nSPS) is 18.8. The van der Waals surface area contributed by atoms with Crippen molar-refractivity contribution in [3.05, 3.63) is 0 Å². The maximum atomic E-state index is 12.2. The number of rotatable bonds is 6. The summed E-state index contributed by atoms with van der Waals surface area (Å²) >= 11 is 0. The number of hydrogen-bond acceptors (Lipinski definition) is 3. The van der Waals surface area contributed by atoms with E-state index in [1.165, 1.54) is 0 Å². The minimum Gasteiger partial charge on any atom is -0.355 e. The Morgan fingerprint density at radius 2 is 1.95 bits per heavy atom. The first-order chi connectivity index (χ1) is 8.86. The number of nitrogens with two attached hydrogens (primary N) is 1. The van der Waals surface area contributed by atoms with Crippen LogP contribution in [0.25, 0.3) is 0 Å².